The molecule has 6 nitrogen and oxygen atoms in total. The molecule has 0 spiro atoms. The summed E-state index contributed by atoms with van der Waals surface area (Å²) in [5.41, 5.74) is -0.825. The van der Waals surface area contributed by atoms with Crippen LogP contribution in [0.3, 0.4) is 0 Å². The van der Waals surface area contributed by atoms with Crippen LogP contribution >= 0.6 is 0 Å². The number of hydrogen-bond donors (Lipinski definition) is 3. The number of ether oxygens (including phenoxy) is 2. The second-order valence-corrected chi connectivity index (χ2v) is 5.47. The van der Waals surface area contributed by atoms with Gasteiger partial charge in [-0.3, -0.25) is 4.79 Å². The lowest BCUT2D eigenvalue weighted by molar-refractivity contribution is -0.225. The normalized spacial score (nSPS) is 41.3. The Hall–Kier alpha value is -0.690. The maximum Gasteiger partial charge on any atom is 0.217 e. The lowest BCUT2D eigenvalue weighted by Crippen LogP contribution is -2.65. The average Bonchev–Trinajstić information content (AvgIpc) is 2.76. The zero-order valence-corrected chi connectivity index (χ0v) is 11.5. The van der Waals surface area contributed by atoms with Crippen molar-refractivity contribution in [3.63, 3.8) is 0 Å². The van der Waals surface area contributed by atoms with Gasteiger partial charge in [0.05, 0.1) is 18.8 Å². The zero-order valence-electron chi connectivity index (χ0n) is 11.5. The molecule has 1 amide bonds. The Kier molecular flexibility index (Phi) is 4.45. The Bertz CT molecular complexity index is 337. The van der Waals surface area contributed by atoms with Crippen LogP contribution in [0.25, 0.3) is 0 Å². The van der Waals surface area contributed by atoms with Gasteiger partial charge in [-0.1, -0.05) is 6.92 Å². The molecule has 2 rings (SSSR count). The van der Waals surface area contributed by atoms with Gasteiger partial charge in [0.15, 0.2) is 0 Å². The number of carbonyl (C=O) groups excluding carboxylic acids is 1. The van der Waals surface area contributed by atoms with Gasteiger partial charge in [-0.15, -0.1) is 0 Å². The molecule has 0 aliphatic carbocycles. The van der Waals surface area contributed by atoms with E-state index in [2.05, 4.69) is 5.32 Å². The van der Waals surface area contributed by atoms with E-state index in [0.717, 1.165) is 6.42 Å². The highest BCUT2D eigenvalue weighted by molar-refractivity contribution is 5.73. The number of hydrogen-bond acceptors (Lipinski definition) is 5. The number of amides is 1. The third kappa shape index (κ3) is 2.76. The van der Waals surface area contributed by atoms with Crippen LogP contribution in [0.2, 0.25) is 0 Å². The summed E-state index contributed by atoms with van der Waals surface area (Å²) in [5, 5.41) is 23.1. The van der Waals surface area contributed by atoms with Gasteiger partial charge in [0.2, 0.25) is 5.91 Å². The van der Waals surface area contributed by atoms with Gasteiger partial charge in [0.25, 0.3) is 0 Å². The van der Waals surface area contributed by atoms with Gasteiger partial charge >= 0.3 is 0 Å². The van der Waals surface area contributed by atoms with Crippen molar-refractivity contribution in [3.8, 4) is 0 Å². The van der Waals surface area contributed by atoms with Crippen LogP contribution in [0, 0.1) is 0 Å². The van der Waals surface area contributed by atoms with Crippen molar-refractivity contribution in [2.75, 3.05) is 13.2 Å². The average molecular weight is 273 g/mol. The van der Waals surface area contributed by atoms with Crippen molar-refractivity contribution >= 4 is 5.91 Å². The molecule has 0 radical (unpaired) electrons. The van der Waals surface area contributed by atoms with E-state index in [1.54, 1.807) is 0 Å². The summed E-state index contributed by atoms with van der Waals surface area (Å²) in [4.78, 5) is 11.1. The molecule has 110 valence electrons. The van der Waals surface area contributed by atoms with E-state index in [9.17, 15) is 15.0 Å². The van der Waals surface area contributed by atoms with Gasteiger partial charge in [0.1, 0.15) is 17.8 Å². The topological polar surface area (TPSA) is 88.0 Å². The molecular weight excluding hydrogens is 250 g/mol. The minimum atomic E-state index is -1.04. The minimum Gasteiger partial charge on any atom is -0.388 e. The van der Waals surface area contributed by atoms with Crippen LogP contribution in [0.1, 0.15) is 33.1 Å². The Morgan fingerprint density at radius 2 is 2.26 bits per heavy atom. The molecule has 6 heteroatoms. The number of rotatable bonds is 5. The molecule has 0 aromatic carbocycles. The van der Waals surface area contributed by atoms with E-state index in [4.69, 9.17) is 9.47 Å². The molecule has 0 aromatic rings. The quantitative estimate of drug-likeness (QED) is 0.592. The Labute approximate surface area is 113 Å². The first-order valence-electron chi connectivity index (χ1n) is 6.89. The molecule has 2 fully saturated rings. The van der Waals surface area contributed by atoms with Gasteiger partial charge in [-0.05, 0) is 19.3 Å². The predicted molar refractivity (Wildman–Crippen MR) is 67.6 cm³/mol. The lowest BCUT2D eigenvalue weighted by atomic mass is 9.88. The minimum absolute atomic E-state index is 0.235. The number of aliphatic hydroxyl groups is 2. The number of fused-ring (bicyclic) bond motifs is 2. The summed E-state index contributed by atoms with van der Waals surface area (Å²) in [6.45, 7) is 4.28. The van der Waals surface area contributed by atoms with E-state index in [0.29, 0.717) is 19.4 Å². The van der Waals surface area contributed by atoms with E-state index >= 15 is 0 Å². The first kappa shape index (κ1) is 14.7. The predicted octanol–water partition coefficient (Wildman–Crippen LogP) is -0.429. The van der Waals surface area contributed by atoms with Crippen LogP contribution in [0.15, 0.2) is 0 Å². The largest absolute Gasteiger partial charge is 0.388 e. The van der Waals surface area contributed by atoms with Crippen LogP contribution in [-0.4, -0.2) is 59.3 Å². The van der Waals surface area contributed by atoms with Crippen LogP contribution in [0.5, 0.6) is 0 Å². The van der Waals surface area contributed by atoms with Gasteiger partial charge in [0, 0.05) is 13.5 Å². The van der Waals surface area contributed by atoms with E-state index < -0.39 is 23.9 Å². The van der Waals surface area contributed by atoms with Gasteiger partial charge < -0.3 is 25.0 Å². The standard InChI is InChI=1S/C13H23NO5/c1-3-6-18-7-13-5-4-9(19-13)10(14-8(2)15)11(16)12(13)17/h9-12,16-17H,3-7H2,1-2H3,(H,14,15)/t9-,10+,11-,12-,13-/m1/s1. The maximum atomic E-state index is 11.1. The number of aliphatic hydroxyl groups excluding tert-OH is 2. The first-order chi connectivity index (χ1) is 9.00. The van der Waals surface area contributed by atoms with Gasteiger partial charge in [-0.2, -0.15) is 0 Å². The van der Waals surface area contributed by atoms with Crippen molar-refractivity contribution < 1.29 is 24.5 Å². The molecule has 5 atom stereocenters. The molecule has 2 aliphatic rings. The fourth-order valence-electron chi connectivity index (χ4n) is 3.00. The molecule has 0 saturated carbocycles. The van der Waals surface area contributed by atoms with Crippen molar-refractivity contribution in [3.05, 3.63) is 0 Å². The summed E-state index contributed by atoms with van der Waals surface area (Å²) >= 11 is 0. The Morgan fingerprint density at radius 1 is 1.53 bits per heavy atom. The third-order valence-corrected chi connectivity index (χ3v) is 3.93. The molecule has 0 aromatic heterocycles. The summed E-state index contributed by atoms with van der Waals surface area (Å²) in [6, 6.07) is -0.547. The fraction of sp³-hybridized carbons (Fsp3) is 0.923. The third-order valence-electron chi connectivity index (χ3n) is 3.93. The highest BCUT2D eigenvalue weighted by Crippen LogP contribution is 2.42. The molecule has 3 N–H and O–H groups in total. The van der Waals surface area contributed by atoms with Crippen LogP contribution in [0.4, 0.5) is 0 Å². The fourth-order valence-corrected chi connectivity index (χ4v) is 3.00. The molecule has 2 aliphatic heterocycles. The van der Waals surface area contributed by atoms with Crippen LogP contribution < -0.4 is 5.32 Å². The molecule has 2 bridgehead atoms. The van der Waals surface area contributed by atoms with E-state index in [-0.39, 0.29) is 18.6 Å². The number of carbonyl (C=O) groups is 1. The highest BCUT2D eigenvalue weighted by Gasteiger charge is 2.58. The van der Waals surface area contributed by atoms with Crippen molar-refractivity contribution in [2.24, 2.45) is 0 Å². The second kappa shape index (κ2) is 5.75. The van der Waals surface area contributed by atoms with Crippen molar-refractivity contribution in [1.82, 2.24) is 5.32 Å². The SMILES string of the molecule is CCCOC[C@@]12CC[C@@H](O1)[C@H](NC(C)=O)[C@@H](O)[C@H]2O. The maximum absolute atomic E-state index is 11.1. The first-order valence-corrected chi connectivity index (χ1v) is 6.89. The monoisotopic (exact) mass is 273 g/mol. The molecule has 0 unspecified atom stereocenters. The Morgan fingerprint density at radius 3 is 2.89 bits per heavy atom. The van der Waals surface area contributed by atoms with E-state index in [1.165, 1.54) is 6.92 Å². The summed E-state index contributed by atoms with van der Waals surface area (Å²) in [5.74, 6) is -0.235. The molecular formula is C13H23NO5. The highest BCUT2D eigenvalue weighted by atomic mass is 16.6. The smallest absolute Gasteiger partial charge is 0.217 e. The molecule has 2 heterocycles. The summed E-state index contributed by atoms with van der Waals surface area (Å²) in [6.07, 6.45) is -0.0837. The number of nitrogens with one attached hydrogen (secondary N) is 1. The molecule has 19 heavy (non-hydrogen) atoms. The van der Waals surface area contributed by atoms with Gasteiger partial charge in [-0.25, -0.2) is 0 Å². The zero-order chi connectivity index (χ0) is 14.0. The van der Waals surface area contributed by atoms with E-state index in [1.807, 2.05) is 6.92 Å². The second-order valence-electron chi connectivity index (χ2n) is 5.47. The van der Waals surface area contributed by atoms with Crippen LogP contribution in [-0.2, 0) is 14.3 Å². The van der Waals surface area contributed by atoms with Crippen molar-refractivity contribution in [1.29, 1.82) is 0 Å². The lowest BCUT2D eigenvalue weighted by Gasteiger charge is -2.44. The summed E-state index contributed by atoms with van der Waals surface area (Å²) < 4.78 is 11.4. The Balaban J connectivity index is 2.06. The molecule has 2 saturated heterocycles. The summed E-state index contributed by atoms with van der Waals surface area (Å²) in [7, 11) is 0. The van der Waals surface area contributed by atoms with Crippen molar-refractivity contribution in [2.45, 2.75) is 63.1 Å².